The Labute approximate surface area is 66.3 Å². The predicted octanol–water partition coefficient (Wildman–Crippen LogP) is 1.52. The highest BCUT2D eigenvalue weighted by molar-refractivity contribution is 5.85. The lowest BCUT2D eigenvalue weighted by Gasteiger charge is -1.93. The van der Waals surface area contributed by atoms with Gasteiger partial charge in [-0.05, 0) is 18.6 Å². The number of carbonyl (C=O) groups is 1. The van der Waals surface area contributed by atoms with E-state index in [0.717, 1.165) is 11.3 Å². The summed E-state index contributed by atoms with van der Waals surface area (Å²) in [4.78, 5) is 10.9. The van der Waals surface area contributed by atoms with Crippen molar-refractivity contribution in [2.45, 2.75) is 13.3 Å². The van der Waals surface area contributed by atoms with Gasteiger partial charge >= 0.3 is 0 Å². The fourth-order valence-corrected chi connectivity index (χ4v) is 1.07. The average molecular weight is 149 g/mol. The number of allylic oxidation sites excluding steroid dienone is 3. The zero-order valence-corrected chi connectivity index (χ0v) is 6.55. The first-order valence-electron chi connectivity index (χ1n) is 3.56. The Morgan fingerprint density at radius 1 is 1.64 bits per heavy atom. The summed E-state index contributed by atoms with van der Waals surface area (Å²) >= 11 is 0. The zero-order valence-electron chi connectivity index (χ0n) is 6.55. The van der Waals surface area contributed by atoms with E-state index >= 15 is 0 Å². The molecular formula is C9H11NO. The first-order chi connectivity index (χ1) is 5.27. The van der Waals surface area contributed by atoms with Crippen molar-refractivity contribution in [2.75, 3.05) is 0 Å². The van der Waals surface area contributed by atoms with Crippen molar-refractivity contribution in [3.05, 3.63) is 36.1 Å². The maximum atomic E-state index is 10.9. The number of amides is 1. The molecule has 0 aromatic carbocycles. The Kier molecular flexibility index (Phi) is 2.26. The van der Waals surface area contributed by atoms with Gasteiger partial charge in [0.25, 0.3) is 0 Å². The molecule has 1 rings (SSSR count). The molecular weight excluding hydrogens is 138 g/mol. The van der Waals surface area contributed by atoms with Crippen LogP contribution in [0.15, 0.2) is 36.1 Å². The Balaban J connectivity index is 2.87. The molecule has 1 aliphatic heterocycles. The van der Waals surface area contributed by atoms with Gasteiger partial charge in [0.1, 0.15) is 0 Å². The van der Waals surface area contributed by atoms with Crippen LogP contribution in [0, 0.1) is 0 Å². The molecule has 2 nitrogen and oxygen atoms in total. The van der Waals surface area contributed by atoms with Gasteiger partial charge in [-0.2, -0.15) is 0 Å². The molecule has 0 aromatic heterocycles. The first-order valence-corrected chi connectivity index (χ1v) is 3.56. The maximum absolute atomic E-state index is 10.9. The molecule has 1 N–H and O–H groups in total. The van der Waals surface area contributed by atoms with Crippen LogP contribution in [0.2, 0.25) is 0 Å². The molecule has 11 heavy (non-hydrogen) atoms. The lowest BCUT2D eigenvalue weighted by molar-refractivity contribution is -0.118. The molecule has 0 unspecified atom stereocenters. The molecule has 0 radical (unpaired) electrons. The molecule has 0 fully saturated rings. The third-order valence-electron chi connectivity index (χ3n) is 1.54. The van der Waals surface area contributed by atoms with Crippen LogP contribution in [-0.4, -0.2) is 5.91 Å². The highest BCUT2D eigenvalue weighted by Crippen LogP contribution is 2.15. The van der Waals surface area contributed by atoms with E-state index in [9.17, 15) is 4.79 Å². The van der Waals surface area contributed by atoms with E-state index in [2.05, 4.69) is 11.9 Å². The normalized spacial score (nSPS) is 17.7. The summed E-state index contributed by atoms with van der Waals surface area (Å²) in [5.74, 6) is 0.0491. The molecule has 1 aliphatic rings. The van der Waals surface area contributed by atoms with Crippen LogP contribution in [0.25, 0.3) is 0 Å². The summed E-state index contributed by atoms with van der Waals surface area (Å²) in [6.45, 7) is 5.53. The van der Waals surface area contributed by atoms with Crippen molar-refractivity contribution in [3.8, 4) is 0 Å². The van der Waals surface area contributed by atoms with Gasteiger partial charge in [-0.15, -0.1) is 0 Å². The maximum Gasteiger partial charge on any atom is 0.228 e. The van der Waals surface area contributed by atoms with Crippen LogP contribution in [0.3, 0.4) is 0 Å². The molecule has 1 amide bonds. The van der Waals surface area contributed by atoms with Crippen molar-refractivity contribution >= 4 is 5.91 Å². The molecule has 0 spiro atoms. The summed E-state index contributed by atoms with van der Waals surface area (Å²) < 4.78 is 0. The van der Waals surface area contributed by atoms with Gasteiger partial charge in [0.2, 0.25) is 5.91 Å². The van der Waals surface area contributed by atoms with E-state index in [0.29, 0.717) is 6.42 Å². The van der Waals surface area contributed by atoms with Gasteiger partial charge in [0.15, 0.2) is 0 Å². The quantitative estimate of drug-likeness (QED) is 0.633. The smallest absolute Gasteiger partial charge is 0.228 e. The number of rotatable bonds is 2. The second kappa shape index (κ2) is 3.19. The molecule has 2 heteroatoms. The third kappa shape index (κ3) is 1.58. The lowest BCUT2D eigenvalue weighted by Crippen LogP contribution is -2.13. The minimum absolute atomic E-state index is 0.0491. The molecule has 0 aliphatic carbocycles. The molecule has 0 aromatic rings. The lowest BCUT2D eigenvalue weighted by atomic mass is 10.2. The number of carbonyl (C=O) groups excluding carboxylic acids is 1. The first kappa shape index (κ1) is 7.79. The van der Waals surface area contributed by atoms with E-state index in [-0.39, 0.29) is 5.91 Å². The SMILES string of the molecule is C=CC1=C(/C=C/C)CC(=O)N1. The van der Waals surface area contributed by atoms with E-state index in [1.165, 1.54) is 0 Å². The van der Waals surface area contributed by atoms with Gasteiger partial charge in [-0.3, -0.25) is 4.79 Å². The van der Waals surface area contributed by atoms with Crippen LogP contribution in [0.5, 0.6) is 0 Å². The minimum atomic E-state index is 0.0491. The average Bonchev–Trinajstić information content (AvgIpc) is 2.32. The van der Waals surface area contributed by atoms with E-state index < -0.39 is 0 Å². The van der Waals surface area contributed by atoms with Crippen molar-refractivity contribution in [1.82, 2.24) is 5.32 Å². The summed E-state index contributed by atoms with van der Waals surface area (Å²) in [5.41, 5.74) is 1.86. The number of hydrogen-bond acceptors (Lipinski definition) is 1. The number of nitrogens with one attached hydrogen (secondary N) is 1. The fraction of sp³-hybridized carbons (Fsp3) is 0.222. The molecule has 1 heterocycles. The summed E-state index contributed by atoms with van der Waals surface area (Å²) in [5, 5.41) is 2.71. The fourth-order valence-electron chi connectivity index (χ4n) is 1.07. The topological polar surface area (TPSA) is 29.1 Å². The van der Waals surface area contributed by atoms with Crippen molar-refractivity contribution < 1.29 is 4.79 Å². The van der Waals surface area contributed by atoms with Crippen LogP contribution in [0.4, 0.5) is 0 Å². The van der Waals surface area contributed by atoms with E-state index in [4.69, 9.17) is 0 Å². The molecule has 0 atom stereocenters. The van der Waals surface area contributed by atoms with E-state index in [1.54, 1.807) is 6.08 Å². The molecule has 0 bridgehead atoms. The van der Waals surface area contributed by atoms with Crippen molar-refractivity contribution in [3.63, 3.8) is 0 Å². The largest absolute Gasteiger partial charge is 0.326 e. The van der Waals surface area contributed by atoms with Gasteiger partial charge < -0.3 is 5.32 Å². The second-order valence-corrected chi connectivity index (χ2v) is 2.37. The van der Waals surface area contributed by atoms with Gasteiger partial charge in [0.05, 0.1) is 6.42 Å². The van der Waals surface area contributed by atoms with Crippen molar-refractivity contribution in [1.29, 1.82) is 0 Å². The summed E-state index contributed by atoms with van der Waals surface area (Å²) in [6, 6.07) is 0. The van der Waals surface area contributed by atoms with Gasteiger partial charge in [-0.1, -0.05) is 18.7 Å². The molecule has 0 saturated carbocycles. The van der Waals surface area contributed by atoms with Gasteiger partial charge in [-0.25, -0.2) is 0 Å². The van der Waals surface area contributed by atoms with E-state index in [1.807, 2.05) is 19.1 Å². The predicted molar refractivity (Wildman–Crippen MR) is 44.8 cm³/mol. The summed E-state index contributed by atoms with van der Waals surface area (Å²) in [7, 11) is 0. The third-order valence-corrected chi connectivity index (χ3v) is 1.54. The molecule has 58 valence electrons. The standard InChI is InChI=1S/C9H11NO/c1-3-5-7-6-9(11)10-8(7)4-2/h3-5H,2,6H2,1H3,(H,10,11)/b5-3+. The van der Waals surface area contributed by atoms with Crippen LogP contribution < -0.4 is 5.32 Å². The highest BCUT2D eigenvalue weighted by Gasteiger charge is 2.15. The number of hydrogen-bond donors (Lipinski definition) is 1. The minimum Gasteiger partial charge on any atom is -0.326 e. The summed E-state index contributed by atoms with van der Waals surface area (Å²) in [6.07, 6.45) is 5.99. The van der Waals surface area contributed by atoms with Crippen LogP contribution in [-0.2, 0) is 4.79 Å². The Bertz CT molecular complexity index is 248. The Hall–Kier alpha value is -1.31. The van der Waals surface area contributed by atoms with Crippen molar-refractivity contribution in [2.24, 2.45) is 0 Å². The Morgan fingerprint density at radius 3 is 2.91 bits per heavy atom. The highest BCUT2D eigenvalue weighted by atomic mass is 16.1. The monoisotopic (exact) mass is 149 g/mol. The molecule has 0 saturated heterocycles. The second-order valence-electron chi connectivity index (χ2n) is 2.37. The van der Waals surface area contributed by atoms with Crippen LogP contribution >= 0.6 is 0 Å². The van der Waals surface area contributed by atoms with Gasteiger partial charge in [0, 0.05) is 5.70 Å². The Morgan fingerprint density at radius 2 is 2.36 bits per heavy atom. The zero-order chi connectivity index (χ0) is 8.27. The van der Waals surface area contributed by atoms with Crippen LogP contribution in [0.1, 0.15) is 13.3 Å².